The molecule has 0 saturated carbocycles. The number of hydrogen-bond acceptors (Lipinski definition) is 3. The average Bonchev–Trinajstić information content (AvgIpc) is 2.36. The molecule has 1 rings (SSSR count). The zero-order valence-electron chi connectivity index (χ0n) is 11.5. The first-order valence-electron chi connectivity index (χ1n) is 6.62. The highest BCUT2D eigenvalue weighted by Crippen LogP contribution is 2.34. The molecule has 2 atom stereocenters. The summed E-state index contributed by atoms with van der Waals surface area (Å²) in [5.74, 6) is -0.857. The highest BCUT2D eigenvalue weighted by molar-refractivity contribution is 5.83. The maximum absolute atomic E-state index is 12.2. The normalized spacial score (nSPS) is 26.2. The minimum Gasteiger partial charge on any atom is -0.481 e. The van der Waals surface area contributed by atoms with Gasteiger partial charge in [0.15, 0.2) is 0 Å². The summed E-state index contributed by atoms with van der Waals surface area (Å²) in [6.07, 6.45) is 1.92. The molecule has 0 aromatic carbocycles. The molecule has 104 valence electrons. The van der Waals surface area contributed by atoms with E-state index in [0.29, 0.717) is 19.4 Å². The van der Waals surface area contributed by atoms with Crippen LogP contribution in [-0.4, -0.2) is 41.0 Å². The lowest BCUT2D eigenvalue weighted by Gasteiger charge is -2.40. The third-order valence-electron chi connectivity index (χ3n) is 4.02. The van der Waals surface area contributed by atoms with Crippen molar-refractivity contribution in [2.24, 2.45) is 17.1 Å². The van der Waals surface area contributed by atoms with E-state index in [4.69, 9.17) is 5.73 Å². The van der Waals surface area contributed by atoms with E-state index in [-0.39, 0.29) is 18.4 Å². The lowest BCUT2D eigenvalue weighted by molar-refractivity contribution is -0.155. The van der Waals surface area contributed by atoms with Gasteiger partial charge >= 0.3 is 5.97 Å². The van der Waals surface area contributed by atoms with Crippen LogP contribution in [-0.2, 0) is 9.59 Å². The molecule has 0 aromatic heterocycles. The third-order valence-corrected chi connectivity index (χ3v) is 4.02. The van der Waals surface area contributed by atoms with Crippen molar-refractivity contribution in [1.29, 1.82) is 0 Å². The summed E-state index contributed by atoms with van der Waals surface area (Å²) in [5.41, 5.74) is 5.07. The summed E-state index contributed by atoms with van der Waals surface area (Å²) in [6.45, 7) is 6.57. The molecular weight excluding hydrogens is 232 g/mol. The van der Waals surface area contributed by atoms with Crippen molar-refractivity contribution < 1.29 is 14.7 Å². The van der Waals surface area contributed by atoms with Crippen molar-refractivity contribution >= 4 is 11.9 Å². The monoisotopic (exact) mass is 256 g/mol. The first-order valence-corrected chi connectivity index (χ1v) is 6.62. The van der Waals surface area contributed by atoms with Gasteiger partial charge in [0.05, 0.1) is 11.5 Å². The number of carbonyl (C=O) groups is 2. The molecule has 0 bridgehead atoms. The second kappa shape index (κ2) is 5.69. The fraction of sp³-hybridized carbons (Fsp3) is 0.846. The van der Waals surface area contributed by atoms with Gasteiger partial charge in [0.2, 0.25) is 5.91 Å². The molecule has 1 aliphatic rings. The summed E-state index contributed by atoms with van der Waals surface area (Å²) in [6, 6.07) is -0.536. The number of nitrogens with two attached hydrogens (primary N) is 1. The maximum Gasteiger partial charge on any atom is 0.311 e. The lowest BCUT2D eigenvalue weighted by Crippen LogP contribution is -2.54. The SMILES string of the molecule is CCC1(C(=O)O)CCCN(C(=O)[C@H](N)C(C)C)C1. The Bertz CT molecular complexity index is 330. The number of aliphatic carboxylic acids is 1. The van der Waals surface area contributed by atoms with E-state index in [9.17, 15) is 14.7 Å². The summed E-state index contributed by atoms with van der Waals surface area (Å²) >= 11 is 0. The van der Waals surface area contributed by atoms with Gasteiger partial charge in [0, 0.05) is 13.1 Å². The molecule has 0 spiro atoms. The van der Waals surface area contributed by atoms with Crippen LogP contribution < -0.4 is 5.73 Å². The zero-order valence-corrected chi connectivity index (χ0v) is 11.5. The molecular formula is C13H24N2O3. The van der Waals surface area contributed by atoms with E-state index < -0.39 is 17.4 Å². The van der Waals surface area contributed by atoms with Crippen LogP contribution in [0.2, 0.25) is 0 Å². The molecule has 1 unspecified atom stereocenters. The van der Waals surface area contributed by atoms with E-state index in [1.807, 2.05) is 20.8 Å². The molecule has 0 aromatic rings. The molecule has 3 N–H and O–H groups in total. The number of carbonyl (C=O) groups excluding carboxylic acids is 1. The molecule has 0 radical (unpaired) electrons. The number of amides is 1. The van der Waals surface area contributed by atoms with Crippen molar-refractivity contribution in [2.75, 3.05) is 13.1 Å². The van der Waals surface area contributed by atoms with Crippen LogP contribution in [0.3, 0.4) is 0 Å². The fourth-order valence-electron chi connectivity index (χ4n) is 2.43. The van der Waals surface area contributed by atoms with Gasteiger partial charge in [-0.3, -0.25) is 9.59 Å². The molecule has 1 saturated heterocycles. The van der Waals surface area contributed by atoms with Gasteiger partial charge in [-0.05, 0) is 25.2 Å². The van der Waals surface area contributed by atoms with Crippen LogP contribution in [0.5, 0.6) is 0 Å². The number of hydrogen-bond donors (Lipinski definition) is 2. The third kappa shape index (κ3) is 2.83. The van der Waals surface area contributed by atoms with Crippen LogP contribution in [0.15, 0.2) is 0 Å². The number of piperidine rings is 1. The quantitative estimate of drug-likeness (QED) is 0.788. The Hall–Kier alpha value is -1.10. The van der Waals surface area contributed by atoms with Crippen LogP contribution in [0, 0.1) is 11.3 Å². The Morgan fingerprint density at radius 1 is 1.44 bits per heavy atom. The van der Waals surface area contributed by atoms with Gasteiger partial charge in [-0.1, -0.05) is 20.8 Å². The number of nitrogens with zero attached hydrogens (tertiary/aromatic N) is 1. The van der Waals surface area contributed by atoms with Crippen molar-refractivity contribution in [3.8, 4) is 0 Å². The Kier molecular flexibility index (Phi) is 4.73. The zero-order chi connectivity index (χ0) is 13.9. The van der Waals surface area contributed by atoms with Crippen LogP contribution >= 0.6 is 0 Å². The van der Waals surface area contributed by atoms with E-state index in [0.717, 1.165) is 6.42 Å². The first-order chi connectivity index (χ1) is 8.34. The smallest absolute Gasteiger partial charge is 0.311 e. The van der Waals surface area contributed by atoms with Gasteiger partial charge in [-0.2, -0.15) is 0 Å². The van der Waals surface area contributed by atoms with E-state index in [1.54, 1.807) is 4.90 Å². The van der Waals surface area contributed by atoms with Crippen LogP contribution in [0.1, 0.15) is 40.0 Å². The van der Waals surface area contributed by atoms with Gasteiger partial charge < -0.3 is 15.7 Å². The highest BCUT2D eigenvalue weighted by Gasteiger charge is 2.42. The minimum atomic E-state index is -0.805. The van der Waals surface area contributed by atoms with Gasteiger partial charge in [-0.15, -0.1) is 0 Å². The van der Waals surface area contributed by atoms with Gasteiger partial charge in [0.1, 0.15) is 0 Å². The largest absolute Gasteiger partial charge is 0.481 e. The molecule has 0 aliphatic carbocycles. The Balaban J connectivity index is 2.81. The Morgan fingerprint density at radius 3 is 2.50 bits per heavy atom. The van der Waals surface area contributed by atoms with E-state index in [2.05, 4.69) is 0 Å². The Labute approximate surface area is 108 Å². The van der Waals surface area contributed by atoms with Crippen LogP contribution in [0.4, 0.5) is 0 Å². The van der Waals surface area contributed by atoms with Crippen molar-refractivity contribution in [2.45, 2.75) is 46.1 Å². The van der Waals surface area contributed by atoms with Crippen molar-refractivity contribution in [3.05, 3.63) is 0 Å². The lowest BCUT2D eigenvalue weighted by atomic mass is 9.77. The molecule has 1 aliphatic heterocycles. The topological polar surface area (TPSA) is 83.6 Å². The minimum absolute atomic E-state index is 0.0697. The summed E-state index contributed by atoms with van der Waals surface area (Å²) in [7, 11) is 0. The fourth-order valence-corrected chi connectivity index (χ4v) is 2.43. The standard InChI is InChI=1S/C13H24N2O3/c1-4-13(12(17)18)6-5-7-15(8-13)11(16)10(14)9(2)3/h9-10H,4-8,14H2,1-3H3,(H,17,18)/t10-,13?/m1/s1. The average molecular weight is 256 g/mol. The van der Waals surface area contributed by atoms with E-state index >= 15 is 0 Å². The van der Waals surface area contributed by atoms with Crippen LogP contribution in [0.25, 0.3) is 0 Å². The number of rotatable bonds is 4. The highest BCUT2D eigenvalue weighted by atomic mass is 16.4. The molecule has 5 nitrogen and oxygen atoms in total. The molecule has 18 heavy (non-hydrogen) atoms. The van der Waals surface area contributed by atoms with Gasteiger partial charge in [0.25, 0.3) is 0 Å². The number of carboxylic acid groups (broad SMARTS) is 1. The summed E-state index contributed by atoms with van der Waals surface area (Å²) < 4.78 is 0. The summed E-state index contributed by atoms with van der Waals surface area (Å²) in [4.78, 5) is 25.2. The second-order valence-electron chi connectivity index (χ2n) is 5.57. The Morgan fingerprint density at radius 2 is 2.06 bits per heavy atom. The molecule has 1 heterocycles. The molecule has 5 heteroatoms. The van der Waals surface area contributed by atoms with Crippen molar-refractivity contribution in [3.63, 3.8) is 0 Å². The maximum atomic E-state index is 12.2. The van der Waals surface area contributed by atoms with Gasteiger partial charge in [-0.25, -0.2) is 0 Å². The first kappa shape index (κ1) is 15.0. The molecule has 1 amide bonds. The predicted octanol–water partition coefficient (Wildman–Crippen LogP) is 1.07. The number of likely N-dealkylation sites (tertiary alicyclic amines) is 1. The predicted molar refractivity (Wildman–Crippen MR) is 69.0 cm³/mol. The van der Waals surface area contributed by atoms with E-state index in [1.165, 1.54) is 0 Å². The molecule has 1 fully saturated rings. The second-order valence-corrected chi connectivity index (χ2v) is 5.57. The number of carboxylic acids is 1. The summed E-state index contributed by atoms with van der Waals surface area (Å²) in [5, 5.41) is 9.37. The van der Waals surface area contributed by atoms with Crippen molar-refractivity contribution in [1.82, 2.24) is 4.90 Å².